The summed E-state index contributed by atoms with van der Waals surface area (Å²) in [7, 11) is 0. The average Bonchev–Trinajstić information content (AvgIpc) is 2.54. The van der Waals surface area contributed by atoms with E-state index in [0.717, 1.165) is 0 Å². The Balaban J connectivity index is 1.79. The Morgan fingerprint density at radius 3 is 1.48 bits per heavy atom. The molecule has 2 aliphatic rings. The molecule has 0 N–H and O–H groups in total. The summed E-state index contributed by atoms with van der Waals surface area (Å²) in [5, 5.41) is 0. The molecule has 2 heterocycles. The normalized spacial score (nSPS) is 37.7. The number of ether oxygens (including phenoxy) is 2. The van der Waals surface area contributed by atoms with Gasteiger partial charge in [0.25, 0.3) is 0 Å². The maximum absolute atomic E-state index is 5.80. The lowest BCUT2D eigenvalue weighted by Crippen LogP contribution is -2.63. The van der Waals surface area contributed by atoms with E-state index in [1.807, 2.05) is 0 Å². The summed E-state index contributed by atoms with van der Waals surface area (Å²) < 4.78 is 34.2. The lowest BCUT2D eigenvalue weighted by Gasteiger charge is -2.55. The zero-order valence-electron chi connectivity index (χ0n) is 14.3. The molecule has 2 saturated heterocycles. The van der Waals surface area contributed by atoms with E-state index in [1.165, 1.54) is 0 Å². The molecule has 0 aromatic carbocycles. The minimum atomic E-state index is -2.11. The predicted molar refractivity (Wildman–Crippen MR) is 87.8 cm³/mol. The largest absolute Gasteiger partial charge is 0.531 e. The fraction of sp³-hybridized carbons (Fsp3) is 0.750. The standard InChI is InChI=1S/C16H28BO6/c1-5-7-18-9-15(3)11-20-17(21-12-15)22-13-16(4,14-23-17)10-19-8-6-2/h5-6H,1-2,7-14H2,3-4H3/q-1. The lowest BCUT2D eigenvalue weighted by atomic mass is 9.85. The number of hydrogen-bond acceptors (Lipinski definition) is 6. The second kappa shape index (κ2) is 7.92. The molecule has 7 heteroatoms. The van der Waals surface area contributed by atoms with Crippen molar-refractivity contribution in [1.82, 2.24) is 0 Å². The van der Waals surface area contributed by atoms with Crippen molar-refractivity contribution in [3.63, 3.8) is 0 Å². The van der Waals surface area contributed by atoms with Crippen molar-refractivity contribution < 1.29 is 28.1 Å². The maximum Gasteiger partial charge on any atom is 0.531 e. The minimum Gasteiger partial charge on any atom is -0.518 e. The van der Waals surface area contributed by atoms with Crippen LogP contribution in [0.4, 0.5) is 0 Å². The summed E-state index contributed by atoms with van der Waals surface area (Å²) in [4.78, 5) is 0. The molecule has 132 valence electrons. The van der Waals surface area contributed by atoms with Gasteiger partial charge in [-0.25, -0.2) is 0 Å². The lowest BCUT2D eigenvalue weighted by molar-refractivity contribution is -0.169. The Hall–Kier alpha value is -0.695. The summed E-state index contributed by atoms with van der Waals surface area (Å²) in [5.41, 5.74) is -0.424. The number of rotatable bonds is 8. The molecule has 23 heavy (non-hydrogen) atoms. The van der Waals surface area contributed by atoms with E-state index in [9.17, 15) is 0 Å². The highest BCUT2D eigenvalue weighted by atomic mass is 16.9. The fourth-order valence-electron chi connectivity index (χ4n) is 2.53. The van der Waals surface area contributed by atoms with E-state index >= 15 is 0 Å². The Morgan fingerprint density at radius 1 is 0.826 bits per heavy atom. The number of hydrogen-bond donors (Lipinski definition) is 0. The molecule has 0 aliphatic carbocycles. The molecule has 0 aromatic heterocycles. The van der Waals surface area contributed by atoms with Gasteiger partial charge in [0, 0.05) is 37.3 Å². The van der Waals surface area contributed by atoms with Gasteiger partial charge in [0.1, 0.15) is 0 Å². The molecule has 0 atom stereocenters. The monoisotopic (exact) mass is 327 g/mol. The maximum atomic E-state index is 5.80. The van der Waals surface area contributed by atoms with Crippen LogP contribution >= 0.6 is 0 Å². The molecule has 1 spiro atoms. The first-order chi connectivity index (χ1) is 10.9. The Morgan fingerprint density at radius 2 is 1.17 bits per heavy atom. The molecule has 2 rings (SSSR count). The van der Waals surface area contributed by atoms with Gasteiger partial charge in [0.15, 0.2) is 0 Å². The SMILES string of the molecule is C=CCOCC1(C)CO[B-]2(OC1)OCC(C)(COCC=C)CO2. The molecule has 6 nitrogen and oxygen atoms in total. The van der Waals surface area contributed by atoms with Crippen LogP contribution in [0, 0.1) is 10.8 Å². The van der Waals surface area contributed by atoms with Crippen LogP contribution in [0.25, 0.3) is 0 Å². The summed E-state index contributed by atoms with van der Waals surface area (Å²) >= 11 is 0. The highest BCUT2D eigenvalue weighted by Gasteiger charge is 2.47. The van der Waals surface area contributed by atoms with Crippen molar-refractivity contribution in [2.24, 2.45) is 10.8 Å². The Bertz CT molecular complexity index is 356. The molecule has 0 bridgehead atoms. The van der Waals surface area contributed by atoms with E-state index in [4.69, 9.17) is 28.1 Å². The second-order valence-corrected chi connectivity index (χ2v) is 7.05. The quantitative estimate of drug-likeness (QED) is 0.386. The summed E-state index contributed by atoms with van der Waals surface area (Å²) in [6.45, 7) is 13.2. The van der Waals surface area contributed by atoms with Gasteiger partial charge in [0.05, 0.1) is 26.4 Å². The topological polar surface area (TPSA) is 55.4 Å². The molecule has 0 aromatic rings. The molecule has 2 aliphatic heterocycles. The van der Waals surface area contributed by atoms with Crippen LogP contribution in [0.5, 0.6) is 0 Å². The van der Waals surface area contributed by atoms with Crippen LogP contribution < -0.4 is 0 Å². The molecule has 0 unspecified atom stereocenters. The van der Waals surface area contributed by atoms with Crippen LogP contribution in [-0.4, -0.2) is 59.8 Å². The van der Waals surface area contributed by atoms with Crippen LogP contribution in [-0.2, 0) is 28.1 Å². The first-order valence-corrected chi connectivity index (χ1v) is 8.01. The van der Waals surface area contributed by atoms with E-state index < -0.39 is 6.96 Å². The van der Waals surface area contributed by atoms with Gasteiger partial charge in [-0.05, 0) is 0 Å². The van der Waals surface area contributed by atoms with Crippen molar-refractivity contribution in [2.75, 3.05) is 52.9 Å². The van der Waals surface area contributed by atoms with Crippen molar-refractivity contribution >= 4 is 6.96 Å². The van der Waals surface area contributed by atoms with E-state index in [-0.39, 0.29) is 10.8 Å². The summed E-state index contributed by atoms with van der Waals surface area (Å²) in [6.07, 6.45) is 3.45. The highest BCUT2D eigenvalue weighted by Crippen LogP contribution is 2.34. The van der Waals surface area contributed by atoms with Crippen LogP contribution in [0.1, 0.15) is 13.8 Å². The first kappa shape index (κ1) is 18.6. The van der Waals surface area contributed by atoms with Gasteiger partial charge in [-0.1, -0.05) is 26.0 Å². The smallest absolute Gasteiger partial charge is 0.518 e. The highest BCUT2D eigenvalue weighted by molar-refractivity contribution is 6.53. The van der Waals surface area contributed by atoms with E-state index in [1.54, 1.807) is 12.2 Å². The van der Waals surface area contributed by atoms with E-state index in [0.29, 0.717) is 52.9 Å². The summed E-state index contributed by atoms with van der Waals surface area (Å²) in [5.74, 6) is 0. The van der Waals surface area contributed by atoms with Gasteiger partial charge in [0.2, 0.25) is 0 Å². The molecule has 2 fully saturated rings. The second-order valence-electron chi connectivity index (χ2n) is 7.05. The Kier molecular flexibility index (Phi) is 6.42. The van der Waals surface area contributed by atoms with Crippen LogP contribution in [0.15, 0.2) is 25.3 Å². The van der Waals surface area contributed by atoms with E-state index in [2.05, 4.69) is 27.0 Å². The third-order valence-electron chi connectivity index (χ3n) is 3.92. The molecule has 0 radical (unpaired) electrons. The fourth-order valence-corrected chi connectivity index (χ4v) is 2.53. The van der Waals surface area contributed by atoms with Gasteiger partial charge in [-0.2, -0.15) is 0 Å². The van der Waals surface area contributed by atoms with Crippen molar-refractivity contribution in [3.05, 3.63) is 25.3 Å². The van der Waals surface area contributed by atoms with Gasteiger partial charge >= 0.3 is 6.96 Å². The average molecular weight is 327 g/mol. The van der Waals surface area contributed by atoms with Gasteiger partial charge in [-0.15, -0.1) is 13.2 Å². The zero-order valence-corrected chi connectivity index (χ0v) is 14.3. The van der Waals surface area contributed by atoms with Crippen LogP contribution in [0.2, 0.25) is 0 Å². The molecule has 0 saturated carbocycles. The third kappa shape index (κ3) is 5.14. The predicted octanol–water partition coefficient (Wildman–Crippen LogP) is 1.93. The van der Waals surface area contributed by atoms with Crippen LogP contribution in [0.3, 0.4) is 0 Å². The summed E-state index contributed by atoms with van der Waals surface area (Å²) in [6, 6.07) is 0. The minimum absolute atomic E-state index is 0.212. The first-order valence-electron chi connectivity index (χ1n) is 8.01. The van der Waals surface area contributed by atoms with Crippen molar-refractivity contribution in [1.29, 1.82) is 0 Å². The molecule has 0 amide bonds. The third-order valence-corrected chi connectivity index (χ3v) is 3.92. The molecular formula is C16H28BO6-. The van der Waals surface area contributed by atoms with Crippen molar-refractivity contribution in [3.8, 4) is 0 Å². The zero-order chi connectivity index (χ0) is 16.8. The Labute approximate surface area is 138 Å². The molecular weight excluding hydrogens is 299 g/mol. The van der Waals surface area contributed by atoms with Gasteiger partial charge in [-0.3, -0.25) is 0 Å². The van der Waals surface area contributed by atoms with Crippen molar-refractivity contribution in [2.45, 2.75) is 13.8 Å². The van der Waals surface area contributed by atoms with Gasteiger partial charge < -0.3 is 28.1 Å².